The van der Waals surface area contributed by atoms with Gasteiger partial charge in [0.15, 0.2) is 5.58 Å². The van der Waals surface area contributed by atoms with Gasteiger partial charge in [0.1, 0.15) is 17.0 Å². The number of fused-ring (bicyclic) bond motifs is 3. The van der Waals surface area contributed by atoms with Crippen molar-refractivity contribution < 1.29 is 18.7 Å². The van der Waals surface area contributed by atoms with E-state index in [1.807, 2.05) is 17.6 Å². The highest BCUT2D eigenvalue weighted by molar-refractivity contribution is 6.32. The predicted octanol–water partition coefficient (Wildman–Crippen LogP) is 5.26. The standard InChI is InChI=1S/C26H30ClN3O4/c1-15-6-5-7-19(16(15)2)28-25(32)26(3)14-29-20-10-11-34-23(20)13-21(29)24(31)30(26)17-8-9-22(33-4)18(27)12-17/h8-13,15-16,19H,5-7,14H2,1-4H3,(H,28,32)/t15-,16+,19-,26-/m1/s1. The van der Waals surface area contributed by atoms with Crippen molar-refractivity contribution in [3.8, 4) is 5.75 Å². The Morgan fingerprint density at radius 1 is 1.24 bits per heavy atom. The lowest BCUT2D eigenvalue weighted by molar-refractivity contribution is -0.128. The first-order chi connectivity index (χ1) is 16.2. The molecule has 1 N–H and O–H groups in total. The molecule has 0 saturated heterocycles. The molecule has 1 fully saturated rings. The lowest BCUT2D eigenvalue weighted by atomic mass is 9.77. The van der Waals surface area contributed by atoms with Gasteiger partial charge >= 0.3 is 0 Å². The largest absolute Gasteiger partial charge is 0.495 e. The third kappa shape index (κ3) is 3.49. The fourth-order valence-corrected chi connectivity index (χ4v) is 5.77. The van der Waals surface area contributed by atoms with Gasteiger partial charge in [-0.3, -0.25) is 14.5 Å². The minimum atomic E-state index is -1.17. The number of nitrogens with one attached hydrogen (secondary N) is 1. The smallest absolute Gasteiger partial charge is 0.276 e. The van der Waals surface area contributed by atoms with Crippen molar-refractivity contribution in [3.63, 3.8) is 0 Å². The monoisotopic (exact) mass is 483 g/mol. The van der Waals surface area contributed by atoms with Gasteiger partial charge in [-0.05, 0) is 43.4 Å². The third-order valence-corrected chi connectivity index (χ3v) is 8.11. The topological polar surface area (TPSA) is 76.7 Å². The average molecular weight is 484 g/mol. The molecule has 8 heteroatoms. The molecule has 1 saturated carbocycles. The maximum absolute atomic E-state index is 14.0. The Morgan fingerprint density at radius 2 is 2.03 bits per heavy atom. The van der Waals surface area contributed by atoms with Crippen LogP contribution in [0.2, 0.25) is 5.02 Å². The van der Waals surface area contributed by atoms with Gasteiger partial charge in [0.25, 0.3) is 5.91 Å². The van der Waals surface area contributed by atoms with E-state index in [4.69, 9.17) is 20.8 Å². The summed E-state index contributed by atoms with van der Waals surface area (Å²) in [6.45, 7) is 6.55. The molecule has 34 heavy (non-hydrogen) atoms. The molecule has 180 valence electrons. The first-order valence-electron chi connectivity index (χ1n) is 11.8. The minimum Gasteiger partial charge on any atom is -0.495 e. The van der Waals surface area contributed by atoms with Crippen LogP contribution in [-0.4, -0.2) is 35.1 Å². The van der Waals surface area contributed by atoms with Crippen molar-refractivity contribution in [2.75, 3.05) is 12.0 Å². The van der Waals surface area contributed by atoms with Crippen molar-refractivity contribution in [1.82, 2.24) is 9.88 Å². The molecule has 3 heterocycles. The number of anilines is 1. The second kappa shape index (κ2) is 8.38. The van der Waals surface area contributed by atoms with Crippen LogP contribution in [0.15, 0.2) is 41.0 Å². The molecule has 0 bridgehead atoms. The molecule has 4 atom stereocenters. The van der Waals surface area contributed by atoms with Crippen LogP contribution >= 0.6 is 11.6 Å². The van der Waals surface area contributed by atoms with Crippen LogP contribution in [0.5, 0.6) is 5.75 Å². The summed E-state index contributed by atoms with van der Waals surface area (Å²) in [6, 6.07) is 8.80. The number of carbonyl (C=O) groups excluding carboxylic acids is 2. The molecule has 7 nitrogen and oxygen atoms in total. The molecule has 3 aromatic rings. The third-order valence-electron chi connectivity index (χ3n) is 7.81. The van der Waals surface area contributed by atoms with Gasteiger partial charge < -0.3 is 19.0 Å². The number of halogens is 1. The number of ether oxygens (including phenoxy) is 1. The van der Waals surface area contributed by atoms with Crippen LogP contribution in [0, 0.1) is 11.8 Å². The predicted molar refractivity (Wildman–Crippen MR) is 132 cm³/mol. The number of amides is 2. The fourth-order valence-electron chi connectivity index (χ4n) is 5.52. The average Bonchev–Trinajstić information content (AvgIpc) is 3.39. The van der Waals surface area contributed by atoms with Crippen LogP contribution in [-0.2, 0) is 11.3 Å². The van der Waals surface area contributed by atoms with E-state index < -0.39 is 5.54 Å². The maximum atomic E-state index is 14.0. The summed E-state index contributed by atoms with van der Waals surface area (Å²) in [5.74, 6) is 0.966. The molecule has 1 aliphatic carbocycles. The highest BCUT2D eigenvalue weighted by Gasteiger charge is 2.49. The van der Waals surface area contributed by atoms with Crippen LogP contribution in [0.4, 0.5) is 5.69 Å². The number of nitrogens with zero attached hydrogens (tertiary/aromatic N) is 2. The van der Waals surface area contributed by atoms with Gasteiger partial charge in [0.2, 0.25) is 5.91 Å². The van der Waals surface area contributed by atoms with Crippen LogP contribution in [0.25, 0.3) is 11.1 Å². The molecule has 2 aliphatic rings. The van der Waals surface area contributed by atoms with Crippen LogP contribution < -0.4 is 15.0 Å². The van der Waals surface area contributed by atoms with E-state index in [-0.39, 0.29) is 17.9 Å². The summed E-state index contributed by atoms with van der Waals surface area (Å²) in [7, 11) is 1.54. The number of rotatable bonds is 4. The molecule has 0 unspecified atom stereocenters. The summed E-state index contributed by atoms with van der Waals surface area (Å²) >= 11 is 6.42. The zero-order valence-corrected chi connectivity index (χ0v) is 20.7. The molecule has 0 spiro atoms. The number of methoxy groups -OCH3 is 1. The Labute approximate surface area is 204 Å². The molecular formula is C26H30ClN3O4. The van der Waals surface area contributed by atoms with Gasteiger partial charge in [0.05, 0.1) is 30.5 Å². The van der Waals surface area contributed by atoms with E-state index in [9.17, 15) is 9.59 Å². The summed E-state index contributed by atoms with van der Waals surface area (Å²) < 4.78 is 12.7. The Hall–Kier alpha value is -2.93. The van der Waals surface area contributed by atoms with Gasteiger partial charge in [0, 0.05) is 23.9 Å². The number of carbonyl (C=O) groups is 2. The first-order valence-corrected chi connectivity index (χ1v) is 12.2. The number of aromatic nitrogens is 1. The normalized spacial score (nSPS) is 27.0. The summed E-state index contributed by atoms with van der Waals surface area (Å²) in [5, 5.41) is 3.68. The van der Waals surface area contributed by atoms with E-state index in [1.165, 1.54) is 6.42 Å². The molecule has 1 aliphatic heterocycles. The van der Waals surface area contributed by atoms with Gasteiger partial charge in [-0.1, -0.05) is 38.3 Å². The first kappa shape index (κ1) is 22.8. The summed E-state index contributed by atoms with van der Waals surface area (Å²) in [6.07, 6.45) is 4.79. The highest BCUT2D eigenvalue weighted by Crippen LogP contribution is 2.39. The zero-order chi connectivity index (χ0) is 24.2. The highest BCUT2D eigenvalue weighted by atomic mass is 35.5. The zero-order valence-electron chi connectivity index (χ0n) is 19.9. The van der Waals surface area contributed by atoms with Gasteiger partial charge in [-0.2, -0.15) is 0 Å². The van der Waals surface area contributed by atoms with E-state index in [1.54, 1.807) is 42.5 Å². The van der Waals surface area contributed by atoms with E-state index in [0.29, 0.717) is 46.1 Å². The number of furan rings is 1. The Bertz CT molecular complexity index is 1260. The molecule has 2 amide bonds. The maximum Gasteiger partial charge on any atom is 0.276 e. The number of hydrogen-bond acceptors (Lipinski definition) is 4. The molecule has 1 aromatic carbocycles. The molecule has 2 aromatic heterocycles. The van der Waals surface area contributed by atoms with Crippen molar-refractivity contribution >= 4 is 40.2 Å². The molecular weight excluding hydrogens is 454 g/mol. The van der Waals surface area contributed by atoms with Crippen molar-refractivity contribution in [3.05, 3.63) is 47.3 Å². The van der Waals surface area contributed by atoms with Gasteiger partial charge in [-0.15, -0.1) is 0 Å². The summed E-state index contributed by atoms with van der Waals surface area (Å²) in [5.41, 5.74) is 1.27. The fraction of sp³-hybridized carbons (Fsp3) is 0.462. The summed E-state index contributed by atoms with van der Waals surface area (Å²) in [4.78, 5) is 29.4. The van der Waals surface area contributed by atoms with Crippen LogP contribution in [0.3, 0.4) is 0 Å². The number of hydrogen-bond donors (Lipinski definition) is 1. The molecule has 5 rings (SSSR count). The minimum absolute atomic E-state index is 0.0736. The van der Waals surface area contributed by atoms with E-state index in [0.717, 1.165) is 18.4 Å². The lowest BCUT2D eigenvalue weighted by Gasteiger charge is -2.45. The SMILES string of the molecule is COc1ccc(N2C(=O)c3cc4occc4n3C[C@]2(C)C(=O)N[C@@H]2CCC[C@@H](C)[C@@H]2C)cc1Cl. The van der Waals surface area contributed by atoms with Crippen LogP contribution in [0.1, 0.15) is 50.5 Å². The van der Waals surface area contributed by atoms with Gasteiger partial charge in [-0.25, -0.2) is 0 Å². The quantitative estimate of drug-likeness (QED) is 0.549. The Morgan fingerprint density at radius 3 is 2.76 bits per heavy atom. The Kier molecular flexibility index (Phi) is 5.63. The Balaban J connectivity index is 1.59. The number of benzene rings is 1. The molecule has 0 radical (unpaired) electrons. The second-order valence-electron chi connectivity index (χ2n) is 9.87. The van der Waals surface area contributed by atoms with E-state index in [2.05, 4.69) is 19.2 Å². The van der Waals surface area contributed by atoms with Crippen molar-refractivity contribution in [1.29, 1.82) is 0 Å². The van der Waals surface area contributed by atoms with Crippen molar-refractivity contribution in [2.24, 2.45) is 11.8 Å². The second-order valence-corrected chi connectivity index (χ2v) is 10.3. The lowest BCUT2D eigenvalue weighted by Crippen LogP contribution is -2.66. The van der Waals surface area contributed by atoms with E-state index >= 15 is 0 Å². The van der Waals surface area contributed by atoms with Crippen molar-refractivity contribution in [2.45, 2.75) is 58.2 Å².